The van der Waals surface area contributed by atoms with Gasteiger partial charge in [0.05, 0.1) is 23.3 Å². The molecular formula is C41H34N2S2. The Kier molecular flexibility index (Phi) is 5.67. The number of hydrogen-bond donors (Lipinski definition) is 1. The molecule has 1 N–H and O–H groups in total. The van der Waals surface area contributed by atoms with Crippen LogP contribution < -0.4 is 5.32 Å². The number of rotatable bonds is 2. The van der Waals surface area contributed by atoms with Crippen LogP contribution in [-0.2, 0) is 5.41 Å². The Morgan fingerprint density at radius 1 is 0.778 bits per heavy atom. The quantitative estimate of drug-likeness (QED) is 0.242. The Morgan fingerprint density at radius 2 is 1.51 bits per heavy atom. The van der Waals surface area contributed by atoms with E-state index in [0.717, 1.165) is 6.42 Å². The maximum absolute atomic E-state index is 5.63. The standard InChI is InChI=1S/C41H34N2S2/c1-41(2)30-21-10-8-17-26(30)32-24-15-6-7-16-25(24)33-28-19-12-20-29(37(28)45-38(33)34(32)41)40-42-35(23-13-4-3-5-14-23)39-36(43-40)27-18-9-11-22-31(27)44-39/h3-19,21-22,29,33,35-36,38-39H,20H2,1-2H3,(H,42,43)/t29?,33-,35?,36?,38?,39?/m1/s1. The summed E-state index contributed by atoms with van der Waals surface area (Å²) in [4.78, 5) is 8.53. The zero-order valence-electron chi connectivity index (χ0n) is 25.4. The lowest BCUT2D eigenvalue weighted by atomic mass is 9.69. The van der Waals surface area contributed by atoms with Crippen molar-refractivity contribution >= 4 is 34.9 Å². The number of nitrogens with one attached hydrogen (secondary N) is 1. The topological polar surface area (TPSA) is 24.4 Å². The van der Waals surface area contributed by atoms with Crippen LogP contribution >= 0.6 is 23.5 Å². The number of benzene rings is 4. The van der Waals surface area contributed by atoms with Crippen LogP contribution in [0.15, 0.2) is 141 Å². The highest BCUT2D eigenvalue weighted by molar-refractivity contribution is 8.04. The number of amidine groups is 1. The Balaban J connectivity index is 1.11. The fourth-order valence-electron chi connectivity index (χ4n) is 9.09. The highest BCUT2D eigenvalue weighted by Gasteiger charge is 2.53. The third-order valence-corrected chi connectivity index (χ3v) is 14.0. The monoisotopic (exact) mass is 618 g/mol. The molecule has 0 saturated carbocycles. The van der Waals surface area contributed by atoms with Gasteiger partial charge < -0.3 is 5.32 Å². The first-order valence-corrected chi connectivity index (χ1v) is 18.0. The lowest BCUT2D eigenvalue weighted by Crippen LogP contribution is -2.44. The molecule has 4 heteroatoms. The van der Waals surface area contributed by atoms with Gasteiger partial charge in [0.15, 0.2) is 0 Å². The molecule has 5 unspecified atom stereocenters. The van der Waals surface area contributed by atoms with Crippen LogP contribution in [-0.4, -0.2) is 16.3 Å². The van der Waals surface area contributed by atoms with E-state index in [0.29, 0.717) is 16.4 Å². The van der Waals surface area contributed by atoms with E-state index in [9.17, 15) is 0 Å². The molecule has 0 bridgehead atoms. The van der Waals surface area contributed by atoms with Crippen LogP contribution in [0.3, 0.4) is 0 Å². The minimum absolute atomic E-state index is 0.0137. The molecular weight excluding hydrogens is 585 g/mol. The highest BCUT2D eigenvalue weighted by atomic mass is 32.2. The second kappa shape index (κ2) is 9.64. The molecule has 0 aromatic heterocycles. The van der Waals surface area contributed by atoms with Gasteiger partial charge >= 0.3 is 0 Å². The SMILES string of the molecule is CC1(C)C2=C(c3ccccc3[C@@H]3C4=C(SC23)C(C2=NC3c5ccccc5SC3C(c3ccccc3)N2)CC=C4)c2ccccc21. The van der Waals surface area contributed by atoms with Gasteiger partial charge in [0.25, 0.3) is 0 Å². The predicted octanol–water partition coefficient (Wildman–Crippen LogP) is 9.78. The predicted molar refractivity (Wildman–Crippen MR) is 189 cm³/mol. The van der Waals surface area contributed by atoms with E-state index >= 15 is 0 Å². The molecule has 3 aliphatic carbocycles. The highest BCUT2D eigenvalue weighted by Crippen LogP contribution is 2.65. The number of aliphatic imine (C=N–C) groups is 1. The molecule has 3 aliphatic heterocycles. The Bertz CT molecular complexity index is 2030. The first kappa shape index (κ1) is 26.5. The molecule has 6 atom stereocenters. The molecule has 10 rings (SSSR count). The van der Waals surface area contributed by atoms with E-state index in [1.165, 1.54) is 60.2 Å². The molecule has 0 radical (unpaired) electrons. The van der Waals surface area contributed by atoms with Crippen molar-refractivity contribution in [1.82, 2.24) is 5.32 Å². The molecule has 4 aromatic rings. The summed E-state index contributed by atoms with van der Waals surface area (Å²) in [6, 6.07) is 38.7. The van der Waals surface area contributed by atoms with Gasteiger partial charge in [-0.05, 0) is 62.6 Å². The second-order valence-electron chi connectivity index (χ2n) is 13.7. The second-order valence-corrected chi connectivity index (χ2v) is 16.1. The van der Waals surface area contributed by atoms with Crippen LogP contribution in [0, 0.1) is 5.92 Å². The van der Waals surface area contributed by atoms with Crippen LogP contribution in [0.1, 0.15) is 71.7 Å². The Hall–Kier alpha value is -3.73. The number of fused-ring (bicyclic) bond motifs is 11. The van der Waals surface area contributed by atoms with E-state index < -0.39 is 0 Å². The molecule has 0 spiro atoms. The fourth-order valence-corrected chi connectivity index (χ4v) is 12.5. The molecule has 0 saturated heterocycles. The van der Waals surface area contributed by atoms with E-state index in [1.54, 1.807) is 5.57 Å². The number of allylic oxidation sites excluding steroid dienone is 3. The van der Waals surface area contributed by atoms with Crippen LogP contribution in [0.25, 0.3) is 5.57 Å². The van der Waals surface area contributed by atoms with Crippen molar-refractivity contribution in [3.05, 3.63) is 165 Å². The van der Waals surface area contributed by atoms with Crippen LogP contribution in [0.5, 0.6) is 0 Å². The maximum atomic E-state index is 5.63. The smallest absolute Gasteiger partial charge is 0.106 e. The molecule has 6 aliphatic rings. The van der Waals surface area contributed by atoms with Gasteiger partial charge in [0, 0.05) is 26.4 Å². The maximum Gasteiger partial charge on any atom is 0.106 e. The van der Waals surface area contributed by atoms with Crippen molar-refractivity contribution in [2.75, 3.05) is 0 Å². The third kappa shape index (κ3) is 3.64. The Morgan fingerprint density at radius 3 is 2.38 bits per heavy atom. The summed E-state index contributed by atoms with van der Waals surface area (Å²) in [6.07, 6.45) is 5.88. The van der Waals surface area contributed by atoms with Gasteiger partial charge in [0.1, 0.15) is 5.84 Å². The lowest BCUT2D eigenvalue weighted by molar-refractivity contribution is 0.496. The van der Waals surface area contributed by atoms with Crippen LogP contribution in [0.2, 0.25) is 0 Å². The zero-order chi connectivity index (χ0) is 29.9. The summed E-state index contributed by atoms with van der Waals surface area (Å²) in [5, 5.41) is 4.80. The fraction of sp³-hybridized carbons (Fsp3) is 0.244. The summed E-state index contributed by atoms with van der Waals surface area (Å²) in [7, 11) is 0. The molecule has 3 heterocycles. The van der Waals surface area contributed by atoms with Gasteiger partial charge in [-0.15, -0.1) is 23.5 Å². The van der Waals surface area contributed by atoms with Gasteiger partial charge in [-0.25, -0.2) is 0 Å². The van der Waals surface area contributed by atoms with E-state index in [1.807, 2.05) is 11.8 Å². The van der Waals surface area contributed by atoms with Gasteiger partial charge in [-0.3, -0.25) is 4.99 Å². The minimum Gasteiger partial charge on any atom is -0.365 e. The van der Waals surface area contributed by atoms with Gasteiger partial charge in [-0.2, -0.15) is 0 Å². The minimum atomic E-state index is -0.0137. The normalized spacial score (nSPS) is 29.5. The average molecular weight is 619 g/mol. The first-order valence-electron chi connectivity index (χ1n) is 16.3. The van der Waals surface area contributed by atoms with E-state index in [4.69, 9.17) is 4.99 Å². The van der Waals surface area contributed by atoms with Crippen LogP contribution in [0.4, 0.5) is 0 Å². The third-order valence-electron chi connectivity index (χ3n) is 11.0. The molecule has 0 amide bonds. The Labute approximate surface area is 273 Å². The molecule has 2 nitrogen and oxygen atoms in total. The van der Waals surface area contributed by atoms with Crippen molar-refractivity contribution in [1.29, 1.82) is 0 Å². The summed E-state index contributed by atoms with van der Waals surface area (Å²) in [5.41, 5.74) is 13.1. The van der Waals surface area contributed by atoms with Crippen molar-refractivity contribution in [3.63, 3.8) is 0 Å². The number of thioether (sulfide) groups is 2. The van der Waals surface area contributed by atoms with Crippen molar-refractivity contribution in [2.24, 2.45) is 10.9 Å². The zero-order valence-corrected chi connectivity index (χ0v) is 27.0. The number of nitrogens with zero attached hydrogens (tertiary/aromatic N) is 1. The van der Waals surface area contributed by atoms with E-state index in [-0.39, 0.29) is 23.4 Å². The molecule has 220 valence electrons. The number of hydrogen-bond acceptors (Lipinski definition) is 4. The first-order chi connectivity index (χ1) is 22.1. The molecule has 0 fully saturated rings. The summed E-state index contributed by atoms with van der Waals surface area (Å²) >= 11 is 4.14. The summed E-state index contributed by atoms with van der Waals surface area (Å²) < 4.78 is 0. The largest absolute Gasteiger partial charge is 0.365 e. The molecule has 4 aromatic carbocycles. The van der Waals surface area contributed by atoms with Gasteiger partial charge in [0.2, 0.25) is 0 Å². The summed E-state index contributed by atoms with van der Waals surface area (Å²) in [6.45, 7) is 4.91. The lowest BCUT2D eigenvalue weighted by Gasteiger charge is -2.37. The average Bonchev–Trinajstić information content (AvgIpc) is 3.73. The van der Waals surface area contributed by atoms with E-state index in [2.05, 4.69) is 146 Å². The van der Waals surface area contributed by atoms with Crippen molar-refractivity contribution in [2.45, 2.75) is 59.1 Å². The summed E-state index contributed by atoms with van der Waals surface area (Å²) in [5.74, 6) is 1.77. The van der Waals surface area contributed by atoms with Gasteiger partial charge in [-0.1, -0.05) is 123 Å². The molecule has 45 heavy (non-hydrogen) atoms. The van der Waals surface area contributed by atoms with Crippen molar-refractivity contribution in [3.8, 4) is 0 Å². The van der Waals surface area contributed by atoms with Crippen molar-refractivity contribution < 1.29 is 0 Å².